The van der Waals surface area contributed by atoms with Crippen LogP contribution in [0, 0.1) is 0 Å². The van der Waals surface area contributed by atoms with Crippen LogP contribution >= 0.6 is 11.6 Å². The Balaban J connectivity index is 1.41. The number of carbonyl (C=O) groups is 1. The van der Waals surface area contributed by atoms with E-state index in [4.69, 9.17) is 21.1 Å². The number of carbonyl (C=O) groups excluding carboxylic acids is 1. The number of amides is 1. The SMILES string of the molecule is COc1cc2nc(Cl)nc(NC3CCN(CC(=O)N4CCC[C@H]4C)CC3)c2cc1OC. The Labute approximate surface area is 187 Å². The quantitative estimate of drug-likeness (QED) is 0.681. The van der Waals surface area contributed by atoms with Gasteiger partial charge in [-0.1, -0.05) is 0 Å². The number of halogens is 1. The highest BCUT2D eigenvalue weighted by Gasteiger charge is 2.28. The zero-order chi connectivity index (χ0) is 22.0. The standard InChI is InChI=1S/C22H30ClN5O3/c1-14-5-4-8-28(14)20(29)13-27-9-6-15(7-10-27)24-21-16-11-18(30-2)19(31-3)12-17(16)25-22(23)26-21/h11-12,14-15H,4-10,13H2,1-3H3,(H,24,25,26)/t14-/m1/s1. The smallest absolute Gasteiger partial charge is 0.236 e. The number of fused-ring (bicyclic) bond motifs is 1. The highest BCUT2D eigenvalue weighted by Crippen LogP contribution is 2.35. The summed E-state index contributed by atoms with van der Waals surface area (Å²) in [5.74, 6) is 2.16. The first-order valence-electron chi connectivity index (χ1n) is 10.9. The Morgan fingerprint density at radius 2 is 1.84 bits per heavy atom. The zero-order valence-electron chi connectivity index (χ0n) is 18.4. The van der Waals surface area contributed by atoms with E-state index in [1.165, 1.54) is 0 Å². The predicted octanol–water partition coefficient (Wildman–Crippen LogP) is 3.19. The molecule has 0 spiro atoms. The Kier molecular flexibility index (Phi) is 6.67. The van der Waals surface area contributed by atoms with Gasteiger partial charge in [0.2, 0.25) is 11.2 Å². The molecule has 0 unspecified atom stereocenters. The summed E-state index contributed by atoms with van der Waals surface area (Å²) in [5.41, 5.74) is 0.697. The van der Waals surface area contributed by atoms with E-state index in [9.17, 15) is 4.79 Å². The molecule has 3 heterocycles. The molecule has 2 saturated heterocycles. The Hall–Kier alpha value is -2.32. The topological polar surface area (TPSA) is 79.8 Å². The predicted molar refractivity (Wildman–Crippen MR) is 121 cm³/mol. The Morgan fingerprint density at radius 1 is 1.13 bits per heavy atom. The first-order valence-corrected chi connectivity index (χ1v) is 11.2. The van der Waals surface area contributed by atoms with Gasteiger partial charge in [-0.05, 0) is 50.3 Å². The van der Waals surface area contributed by atoms with Crippen molar-refractivity contribution >= 4 is 34.2 Å². The summed E-state index contributed by atoms with van der Waals surface area (Å²) in [7, 11) is 3.20. The first kappa shape index (κ1) is 21.9. The van der Waals surface area contributed by atoms with Crippen molar-refractivity contribution < 1.29 is 14.3 Å². The molecule has 1 amide bonds. The van der Waals surface area contributed by atoms with Crippen molar-refractivity contribution in [3.63, 3.8) is 0 Å². The highest BCUT2D eigenvalue weighted by molar-refractivity contribution is 6.28. The number of aromatic nitrogens is 2. The lowest BCUT2D eigenvalue weighted by molar-refractivity contribution is -0.133. The van der Waals surface area contributed by atoms with Gasteiger partial charge in [-0.2, -0.15) is 0 Å². The molecule has 9 heteroatoms. The minimum atomic E-state index is 0.185. The summed E-state index contributed by atoms with van der Waals surface area (Å²) < 4.78 is 10.8. The van der Waals surface area contributed by atoms with Crippen LogP contribution in [0.25, 0.3) is 10.9 Å². The fourth-order valence-corrected chi connectivity index (χ4v) is 4.73. The third kappa shape index (κ3) is 4.80. The molecule has 31 heavy (non-hydrogen) atoms. The number of methoxy groups -OCH3 is 2. The minimum Gasteiger partial charge on any atom is -0.493 e. The number of piperidine rings is 1. The number of likely N-dealkylation sites (tertiary alicyclic amines) is 2. The number of rotatable bonds is 6. The van der Waals surface area contributed by atoms with Crippen LogP contribution in [0.5, 0.6) is 11.5 Å². The molecule has 8 nitrogen and oxygen atoms in total. The number of hydrogen-bond donors (Lipinski definition) is 1. The summed E-state index contributed by atoms with van der Waals surface area (Å²) >= 11 is 6.18. The van der Waals surface area contributed by atoms with Gasteiger partial charge in [-0.3, -0.25) is 9.69 Å². The van der Waals surface area contributed by atoms with E-state index in [1.807, 2.05) is 11.0 Å². The van der Waals surface area contributed by atoms with Crippen LogP contribution in [0.3, 0.4) is 0 Å². The molecule has 4 rings (SSSR count). The minimum absolute atomic E-state index is 0.185. The number of hydrogen-bond acceptors (Lipinski definition) is 7. The zero-order valence-corrected chi connectivity index (χ0v) is 19.1. The van der Waals surface area contributed by atoms with Gasteiger partial charge >= 0.3 is 0 Å². The number of ether oxygens (including phenoxy) is 2. The second-order valence-electron chi connectivity index (χ2n) is 8.34. The van der Waals surface area contributed by atoms with Crippen molar-refractivity contribution in [2.24, 2.45) is 0 Å². The van der Waals surface area contributed by atoms with Crippen LogP contribution in [-0.4, -0.2) is 78.2 Å². The van der Waals surface area contributed by atoms with Crippen molar-refractivity contribution in [2.45, 2.75) is 44.7 Å². The molecular weight excluding hydrogens is 418 g/mol. The summed E-state index contributed by atoms with van der Waals surface area (Å²) in [6.07, 6.45) is 4.09. The van der Waals surface area contributed by atoms with Crippen molar-refractivity contribution in [3.8, 4) is 11.5 Å². The lowest BCUT2D eigenvalue weighted by Crippen LogP contribution is -2.46. The molecule has 1 aromatic carbocycles. The molecule has 2 fully saturated rings. The third-order valence-electron chi connectivity index (χ3n) is 6.33. The van der Waals surface area contributed by atoms with E-state index >= 15 is 0 Å². The van der Waals surface area contributed by atoms with Gasteiger partial charge in [0.15, 0.2) is 11.5 Å². The molecule has 1 aromatic heterocycles. The van der Waals surface area contributed by atoms with Gasteiger partial charge in [0.1, 0.15) is 5.82 Å². The molecule has 2 aliphatic heterocycles. The second-order valence-corrected chi connectivity index (χ2v) is 8.68. The van der Waals surface area contributed by atoms with Gasteiger partial charge < -0.3 is 19.7 Å². The second kappa shape index (κ2) is 9.44. The van der Waals surface area contributed by atoms with Gasteiger partial charge in [0.25, 0.3) is 0 Å². The van der Waals surface area contributed by atoms with E-state index in [-0.39, 0.29) is 17.2 Å². The lowest BCUT2D eigenvalue weighted by Gasteiger charge is -2.33. The van der Waals surface area contributed by atoms with Crippen LogP contribution in [0.4, 0.5) is 5.82 Å². The summed E-state index contributed by atoms with van der Waals surface area (Å²) in [6.45, 7) is 5.30. The van der Waals surface area contributed by atoms with Crippen LogP contribution in [-0.2, 0) is 4.79 Å². The number of anilines is 1. The van der Waals surface area contributed by atoms with E-state index in [0.717, 1.165) is 50.7 Å². The van der Waals surface area contributed by atoms with Crippen LogP contribution in [0.1, 0.15) is 32.6 Å². The Morgan fingerprint density at radius 3 is 2.48 bits per heavy atom. The summed E-state index contributed by atoms with van der Waals surface area (Å²) in [6, 6.07) is 4.30. The fourth-order valence-electron chi connectivity index (χ4n) is 4.55. The molecular formula is C22H30ClN5O3. The van der Waals surface area contributed by atoms with Crippen molar-refractivity contribution in [2.75, 3.05) is 45.7 Å². The van der Waals surface area contributed by atoms with E-state index in [0.29, 0.717) is 35.4 Å². The molecule has 2 aliphatic rings. The summed E-state index contributed by atoms with van der Waals surface area (Å²) in [4.78, 5) is 25.6. The summed E-state index contributed by atoms with van der Waals surface area (Å²) in [5, 5.41) is 4.56. The van der Waals surface area contributed by atoms with Gasteiger partial charge in [0, 0.05) is 43.2 Å². The maximum Gasteiger partial charge on any atom is 0.236 e. The number of benzene rings is 1. The fraction of sp³-hybridized carbons (Fsp3) is 0.591. The average molecular weight is 448 g/mol. The molecule has 0 saturated carbocycles. The molecule has 168 valence electrons. The van der Waals surface area contributed by atoms with Crippen molar-refractivity contribution in [1.82, 2.24) is 19.8 Å². The lowest BCUT2D eigenvalue weighted by atomic mass is 10.0. The van der Waals surface area contributed by atoms with Crippen molar-refractivity contribution in [3.05, 3.63) is 17.4 Å². The van der Waals surface area contributed by atoms with Crippen LogP contribution in [0.2, 0.25) is 5.28 Å². The number of nitrogens with one attached hydrogen (secondary N) is 1. The monoisotopic (exact) mass is 447 g/mol. The van der Waals surface area contributed by atoms with Gasteiger partial charge in [-0.15, -0.1) is 0 Å². The maximum atomic E-state index is 12.6. The van der Waals surface area contributed by atoms with E-state index in [1.54, 1.807) is 20.3 Å². The molecule has 1 atom stereocenters. The Bertz CT molecular complexity index is 948. The van der Waals surface area contributed by atoms with Crippen molar-refractivity contribution in [1.29, 1.82) is 0 Å². The third-order valence-corrected chi connectivity index (χ3v) is 6.50. The van der Waals surface area contributed by atoms with E-state index < -0.39 is 0 Å². The first-order chi connectivity index (χ1) is 15.0. The molecule has 2 aromatic rings. The highest BCUT2D eigenvalue weighted by atomic mass is 35.5. The molecule has 0 radical (unpaired) electrons. The van der Waals surface area contributed by atoms with Gasteiger partial charge in [-0.25, -0.2) is 9.97 Å². The molecule has 0 aliphatic carbocycles. The van der Waals surface area contributed by atoms with Crippen LogP contribution < -0.4 is 14.8 Å². The number of nitrogens with zero attached hydrogens (tertiary/aromatic N) is 4. The largest absolute Gasteiger partial charge is 0.493 e. The molecule has 1 N–H and O–H groups in total. The van der Waals surface area contributed by atoms with Gasteiger partial charge in [0.05, 0.1) is 26.3 Å². The maximum absolute atomic E-state index is 12.6. The molecule has 0 bridgehead atoms. The van der Waals surface area contributed by atoms with Crippen LogP contribution in [0.15, 0.2) is 12.1 Å². The average Bonchev–Trinajstić information content (AvgIpc) is 3.20. The van der Waals surface area contributed by atoms with E-state index in [2.05, 4.69) is 27.1 Å². The normalized spacial score (nSPS) is 20.3.